The standard InChI is InChI=1S/C12H16BNO2S.Y/c13-5-6-14-10(3-4-12(14)15)8-16-9-11-2-1-7-17-11;/h1-2,10,13H,3-6,8-9H2;/q-1;/i13D;. The molecule has 1 fully saturated rings. The van der Waals surface area contributed by atoms with E-state index in [4.69, 9.17) is 6.07 Å². The Morgan fingerprint density at radius 1 is 1.72 bits per heavy atom. The molecule has 0 aromatic carbocycles. The van der Waals surface area contributed by atoms with Crippen LogP contribution < -0.4 is 0 Å². The van der Waals surface area contributed by atoms with E-state index in [0.29, 0.717) is 32.5 Å². The van der Waals surface area contributed by atoms with Crippen molar-refractivity contribution in [3.05, 3.63) is 22.4 Å². The summed E-state index contributed by atoms with van der Waals surface area (Å²) in [5, 5.41) is 3.02. The summed E-state index contributed by atoms with van der Waals surface area (Å²) < 4.78 is 12.7. The van der Waals surface area contributed by atoms with Gasteiger partial charge in [-0.25, -0.2) is 0 Å². The Hall–Kier alpha value is 0.299. The molecule has 2 heterocycles. The van der Waals surface area contributed by atoms with Crippen molar-refractivity contribution in [2.45, 2.75) is 31.8 Å². The van der Waals surface area contributed by atoms with Crippen LogP contribution in [0.4, 0.5) is 0 Å². The van der Waals surface area contributed by atoms with Crippen LogP contribution in [0.15, 0.2) is 12.1 Å². The molecule has 1 aromatic heterocycles. The summed E-state index contributed by atoms with van der Waals surface area (Å²) in [5.74, 6) is 0.190. The van der Waals surface area contributed by atoms with E-state index in [2.05, 4.69) is 5.38 Å². The first-order chi connectivity index (χ1) is 8.81. The Morgan fingerprint density at radius 3 is 3.33 bits per heavy atom. The van der Waals surface area contributed by atoms with Crippen LogP contribution in [-0.2, 0) is 48.8 Å². The molecule has 1 saturated heterocycles. The molecule has 0 saturated carbocycles. The molecular weight excluding hydrogens is 322 g/mol. The molecule has 94 valence electrons. The predicted molar refractivity (Wildman–Crippen MR) is 69.5 cm³/mol. The van der Waals surface area contributed by atoms with Crippen LogP contribution in [0, 0.1) is 5.38 Å². The number of thiophene rings is 1. The fourth-order valence-electron chi connectivity index (χ4n) is 2.06. The first-order valence-electron chi connectivity index (χ1n) is 6.41. The first-order valence-corrected chi connectivity index (χ1v) is 6.65. The van der Waals surface area contributed by atoms with Crippen molar-refractivity contribution in [1.82, 2.24) is 4.90 Å². The smallest absolute Gasteiger partial charge is 0.222 e. The number of hydrogen-bond donors (Lipinski definition) is 0. The predicted octanol–water partition coefficient (Wildman–Crippen LogP) is 1.37. The van der Waals surface area contributed by atoms with Gasteiger partial charge in [-0.15, -0.1) is 10.3 Å². The summed E-state index contributed by atoms with van der Waals surface area (Å²) in [6.45, 7) is 1.82. The van der Waals surface area contributed by atoms with Crippen molar-refractivity contribution in [2.75, 3.05) is 13.2 Å². The largest absolute Gasteiger partial charge is 0.387 e. The topological polar surface area (TPSA) is 29.5 Å². The van der Waals surface area contributed by atoms with Crippen molar-refractivity contribution >= 4 is 25.1 Å². The second-order valence-electron chi connectivity index (χ2n) is 4.10. The summed E-state index contributed by atoms with van der Waals surface area (Å²) >= 11 is 1.56. The minimum atomic E-state index is 0. The summed E-state index contributed by atoms with van der Waals surface area (Å²) in [6, 6.07) is 4.07. The molecule has 1 aliphatic heterocycles. The quantitative estimate of drug-likeness (QED) is 0.555. The molecule has 6 heteroatoms. The van der Waals surface area contributed by atoms with Crippen LogP contribution in [0.25, 0.3) is 0 Å². The van der Waals surface area contributed by atoms with E-state index in [0.717, 1.165) is 11.3 Å². The van der Waals surface area contributed by atoms with Crippen molar-refractivity contribution in [3.8, 4) is 0 Å². The van der Waals surface area contributed by atoms with Crippen LogP contribution in [-0.4, -0.2) is 39.1 Å². The van der Waals surface area contributed by atoms with E-state index in [1.54, 1.807) is 11.3 Å². The number of carbonyl (C=O) groups is 1. The third kappa shape index (κ3) is 4.44. The molecule has 1 amide bonds. The fourth-order valence-corrected chi connectivity index (χ4v) is 2.62. The van der Waals surface area contributed by atoms with Crippen LogP contribution >= 0.6 is 11.3 Å². The first kappa shape index (κ1) is 14.7. The maximum atomic E-state index is 11.7. The summed E-state index contributed by atoms with van der Waals surface area (Å²) in [7, 11) is 1.35. The third-order valence-electron chi connectivity index (χ3n) is 2.90. The van der Waals surface area contributed by atoms with Gasteiger partial charge < -0.3 is 9.64 Å². The van der Waals surface area contributed by atoms with Crippen molar-refractivity contribution in [1.29, 1.82) is 1.34 Å². The van der Waals surface area contributed by atoms with Crippen molar-refractivity contribution in [2.24, 2.45) is 0 Å². The van der Waals surface area contributed by atoms with Crippen LogP contribution in [0.5, 0.6) is 0 Å². The van der Waals surface area contributed by atoms with Gasteiger partial charge in [0.25, 0.3) is 0 Å². The van der Waals surface area contributed by atoms with Gasteiger partial charge in [0.1, 0.15) is 0 Å². The van der Waals surface area contributed by atoms with Gasteiger partial charge in [-0.05, 0) is 7.76 Å². The SMILES string of the molecule is [2H][B]CCN1C(=O)CCC1COCc1cc[c-]s1.[Y]. The molecule has 1 aliphatic rings. The number of likely N-dealkylation sites (tertiary alicyclic amines) is 1. The molecule has 1 aromatic rings. The van der Waals surface area contributed by atoms with Gasteiger partial charge in [-0.2, -0.15) is 12.1 Å². The summed E-state index contributed by atoms with van der Waals surface area (Å²) in [6.07, 6.45) is 2.11. The van der Waals surface area contributed by atoms with Gasteiger partial charge in [-0.3, -0.25) is 16.1 Å². The molecule has 3 nitrogen and oxygen atoms in total. The molecular formula is C12H16BNO2SY-. The minimum absolute atomic E-state index is 0. The number of carbonyl (C=O) groups excluding carboxylic acids is 1. The molecule has 1 atom stereocenters. The normalized spacial score (nSPS) is 19.6. The van der Waals surface area contributed by atoms with Crippen molar-refractivity contribution < 1.29 is 42.2 Å². The molecule has 18 heavy (non-hydrogen) atoms. The van der Waals surface area contributed by atoms with Gasteiger partial charge in [0.05, 0.1) is 20.5 Å². The van der Waals surface area contributed by atoms with Gasteiger partial charge in [0, 0.05) is 52.3 Å². The second kappa shape index (κ2) is 8.47. The molecule has 1 unspecified atom stereocenters. The average Bonchev–Trinajstić information content (AvgIpc) is 2.98. The number of amides is 1. The maximum Gasteiger partial charge on any atom is 0.222 e. The molecule has 0 aliphatic carbocycles. The third-order valence-corrected chi connectivity index (χ3v) is 3.67. The van der Waals surface area contributed by atoms with Gasteiger partial charge >= 0.3 is 0 Å². The van der Waals surface area contributed by atoms with Crippen LogP contribution in [0.3, 0.4) is 0 Å². The van der Waals surface area contributed by atoms with Crippen molar-refractivity contribution in [3.63, 3.8) is 0 Å². The Labute approximate surface area is 140 Å². The molecule has 0 bridgehead atoms. The zero-order valence-corrected chi connectivity index (χ0v) is 14.0. The van der Waals surface area contributed by atoms with Crippen LogP contribution in [0.2, 0.25) is 6.32 Å². The van der Waals surface area contributed by atoms with Gasteiger partial charge in [0.2, 0.25) is 5.91 Å². The van der Waals surface area contributed by atoms with E-state index in [9.17, 15) is 4.79 Å². The van der Waals surface area contributed by atoms with E-state index >= 15 is 0 Å². The Kier molecular flexibility index (Phi) is 6.91. The molecule has 2 radical (unpaired) electrons. The molecule has 0 spiro atoms. The maximum absolute atomic E-state index is 11.7. The molecule has 2 rings (SSSR count). The summed E-state index contributed by atoms with van der Waals surface area (Å²) in [5.41, 5.74) is 0. The van der Waals surface area contributed by atoms with Gasteiger partial charge in [0.15, 0.2) is 0 Å². The number of ether oxygens (including phenoxy) is 1. The Morgan fingerprint density at radius 2 is 2.61 bits per heavy atom. The zero-order chi connectivity index (χ0) is 12.8. The van der Waals surface area contributed by atoms with E-state index < -0.39 is 0 Å². The molecule has 0 N–H and O–H groups in total. The monoisotopic (exact) mass is 339 g/mol. The minimum Gasteiger partial charge on any atom is -0.387 e. The van der Waals surface area contributed by atoms with E-state index in [1.807, 2.05) is 17.0 Å². The number of rotatable bonds is 7. The Balaban J connectivity index is 0.00000180. The second-order valence-corrected chi connectivity index (χ2v) is 5.07. The van der Waals surface area contributed by atoms with E-state index in [-0.39, 0.29) is 44.7 Å². The Bertz CT molecular complexity index is 380. The van der Waals surface area contributed by atoms with E-state index in [1.165, 1.54) is 7.81 Å². The zero-order valence-electron chi connectivity index (χ0n) is 11.3. The average molecular weight is 339 g/mol. The number of hydrogen-bond acceptors (Lipinski definition) is 3. The summed E-state index contributed by atoms with van der Waals surface area (Å²) in [4.78, 5) is 14.7. The number of nitrogens with zero attached hydrogens (tertiary/aromatic N) is 1. The van der Waals surface area contributed by atoms with Crippen LogP contribution in [0.1, 0.15) is 17.7 Å². The fraction of sp³-hybridized carbons (Fsp3) is 0.583. The van der Waals surface area contributed by atoms with Gasteiger partial charge in [-0.1, -0.05) is 6.32 Å².